The Morgan fingerprint density at radius 2 is 2.00 bits per heavy atom. The third-order valence-electron chi connectivity index (χ3n) is 1.95. The Morgan fingerprint density at radius 1 is 1.41 bits per heavy atom. The molecule has 7 heteroatoms. The van der Waals surface area contributed by atoms with Crippen LogP contribution in [0.3, 0.4) is 0 Å². The van der Waals surface area contributed by atoms with Crippen LogP contribution in [0.4, 0.5) is 17.6 Å². The fraction of sp³-hybridized carbons (Fsp3) is 0.200. The number of hydrogen-bond donors (Lipinski definition) is 0. The Kier molecular flexibility index (Phi) is 3.73. The van der Waals surface area contributed by atoms with Gasteiger partial charge < -0.3 is 0 Å². The second-order valence-electron chi connectivity index (χ2n) is 3.04. The van der Waals surface area contributed by atoms with Crippen LogP contribution in [0.15, 0.2) is 12.1 Å². The molecule has 0 unspecified atom stereocenters. The Bertz CT molecular complexity index is 504. The zero-order chi connectivity index (χ0) is 13.2. The van der Waals surface area contributed by atoms with Crippen molar-refractivity contribution in [3.8, 4) is 6.07 Å². The molecule has 0 aliphatic rings. The van der Waals surface area contributed by atoms with Gasteiger partial charge in [0.1, 0.15) is 11.9 Å². The molecule has 17 heavy (non-hydrogen) atoms. The van der Waals surface area contributed by atoms with Gasteiger partial charge in [-0.25, -0.2) is 4.39 Å². The summed E-state index contributed by atoms with van der Waals surface area (Å²) in [5.74, 6) is -3.03. The first kappa shape index (κ1) is 13.5. The number of carbonyl (C=O) groups is 1. The van der Waals surface area contributed by atoms with Crippen molar-refractivity contribution in [1.82, 2.24) is 0 Å². The van der Waals surface area contributed by atoms with Crippen LogP contribution >= 0.6 is 11.6 Å². The fourth-order valence-corrected chi connectivity index (χ4v) is 1.34. The monoisotopic (exact) mass is 265 g/mol. The topological polar surface area (TPSA) is 40.9 Å². The number of carbonyl (C=O) groups excluding carboxylic acids is 1. The van der Waals surface area contributed by atoms with Crippen LogP contribution in [0, 0.1) is 17.1 Å². The SMILES string of the molecule is N#Cc1cc(C(=O)CCl)c(C(F)(F)F)cc1F. The number of benzene rings is 1. The number of nitrogens with zero attached hydrogens (tertiary/aromatic N) is 1. The van der Waals surface area contributed by atoms with Crippen LogP contribution in [0.2, 0.25) is 0 Å². The van der Waals surface area contributed by atoms with Crippen LogP contribution in [-0.2, 0) is 6.18 Å². The van der Waals surface area contributed by atoms with Gasteiger partial charge in [-0.1, -0.05) is 0 Å². The lowest BCUT2D eigenvalue weighted by Crippen LogP contribution is -2.15. The summed E-state index contributed by atoms with van der Waals surface area (Å²) in [6.45, 7) is 0. The maximum Gasteiger partial charge on any atom is 0.417 e. The van der Waals surface area contributed by atoms with Gasteiger partial charge in [0.2, 0.25) is 0 Å². The van der Waals surface area contributed by atoms with E-state index < -0.39 is 40.3 Å². The predicted molar refractivity (Wildman–Crippen MR) is 51.2 cm³/mol. The smallest absolute Gasteiger partial charge is 0.293 e. The van der Waals surface area contributed by atoms with E-state index >= 15 is 0 Å². The van der Waals surface area contributed by atoms with E-state index in [-0.39, 0.29) is 6.07 Å². The molecule has 2 nitrogen and oxygen atoms in total. The minimum Gasteiger partial charge on any atom is -0.293 e. The molecule has 0 saturated heterocycles. The Hall–Kier alpha value is -1.61. The summed E-state index contributed by atoms with van der Waals surface area (Å²) in [6, 6.07) is 2.04. The lowest BCUT2D eigenvalue weighted by molar-refractivity contribution is -0.138. The Balaban J connectivity index is 3.54. The molecule has 0 radical (unpaired) electrons. The van der Waals surface area contributed by atoms with E-state index in [0.29, 0.717) is 6.07 Å². The number of Topliss-reactive ketones (excluding diaryl/α,β-unsaturated/α-hetero) is 1. The molecule has 0 atom stereocenters. The van der Waals surface area contributed by atoms with Crippen molar-refractivity contribution in [2.75, 3.05) is 5.88 Å². The fourth-order valence-electron chi connectivity index (χ4n) is 1.20. The van der Waals surface area contributed by atoms with Crippen molar-refractivity contribution in [3.63, 3.8) is 0 Å². The molecule has 0 fully saturated rings. The average molecular weight is 266 g/mol. The molecule has 0 aromatic heterocycles. The average Bonchev–Trinajstić information content (AvgIpc) is 2.26. The van der Waals surface area contributed by atoms with E-state index in [4.69, 9.17) is 16.9 Å². The highest BCUT2D eigenvalue weighted by Crippen LogP contribution is 2.33. The molecule has 0 saturated carbocycles. The van der Waals surface area contributed by atoms with Crippen molar-refractivity contribution in [2.24, 2.45) is 0 Å². The van der Waals surface area contributed by atoms with Crippen molar-refractivity contribution >= 4 is 17.4 Å². The molecule has 90 valence electrons. The summed E-state index contributed by atoms with van der Waals surface area (Å²) >= 11 is 5.15. The predicted octanol–water partition coefficient (Wildman–Crippen LogP) is 3.14. The minimum absolute atomic E-state index is 0.123. The third-order valence-corrected chi connectivity index (χ3v) is 2.20. The molecule has 1 aromatic rings. The standard InChI is InChI=1S/C10H4ClF4NO/c11-3-9(17)6-1-5(4-16)8(12)2-7(6)10(13,14)15/h1-2H,3H2. The van der Waals surface area contributed by atoms with Crippen molar-refractivity contribution in [1.29, 1.82) is 5.26 Å². The van der Waals surface area contributed by atoms with E-state index in [1.54, 1.807) is 0 Å². The Morgan fingerprint density at radius 3 is 2.41 bits per heavy atom. The first-order valence-corrected chi connectivity index (χ1v) is 4.74. The number of ketones is 1. The molecular formula is C10H4ClF4NO. The van der Waals surface area contributed by atoms with Gasteiger partial charge in [0.05, 0.1) is 17.0 Å². The van der Waals surface area contributed by atoms with Crippen LogP contribution in [0.1, 0.15) is 21.5 Å². The minimum atomic E-state index is -4.88. The molecule has 0 bridgehead atoms. The highest BCUT2D eigenvalue weighted by atomic mass is 35.5. The summed E-state index contributed by atoms with van der Waals surface area (Å²) < 4.78 is 50.6. The number of alkyl halides is 4. The van der Waals surface area contributed by atoms with Crippen LogP contribution in [0.25, 0.3) is 0 Å². The molecule has 0 N–H and O–H groups in total. The van der Waals surface area contributed by atoms with Crippen molar-refractivity contribution in [3.05, 3.63) is 34.6 Å². The van der Waals surface area contributed by atoms with Crippen LogP contribution < -0.4 is 0 Å². The van der Waals surface area contributed by atoms with Gasteiger partial charge in [-0.15, -0.1) is 11.6 Å². The summed E-state index contributed by atoms with van der Waals surface area (Å²) in [5.41, 5.74) is -2.86. The second-order valence-corrected chi connectivity index (χ2v) is 3.31. The lowest BCUT2D eigenvalue weighted by Gasteiger charge is -2.11. The highest BCUT2D eigenvalue weighted by Gasteiger charge is 2.36. The maximum atomic E-state index is 13.1. The summed E-state index contributed by atoms with van der Waals surface area (Å²) in [5, 5.41) is 8.48. The maximum absolute atomic E-state index is 13.1. The molecule has 0 aliphatic carbocycles. The second kappa shape index (κ2) is 4.72. The summed E-state index contributed by atoms with van der Waals surface area (Å²) in [4.78, 5) is 11.2. The molecule has 0 aliphatic heterocycles. The largest absolute Gasteiger partial charge is 0.417 e. The molecule has 1 rings (SSSR count). The van der Waals surface area contributed by atoms with Crippen molar-refractivity contribution in [2.45, 2.75) is 6.18 Å². The molecule has 0 amide bonds. The number of nitriles is 1. The van der Waals surface area contributed by atoms with E-state index in [1.165, 1.54) is 6.07 Å². The molecule has 0 heterocycles. The van der Waals surface area contributed by atoms with Gasteiger partial charge in [-0.2, -0.15) is 18.4 Å². The van der Waals surface area contributed by atoms with E-state index in [2.05, 4.69) is 0 Å². The number of hydrogen-bond acceptors (Lipinski definition) is 2. The van der Waals surface area contributed by atoms with Crippen molar-refractivity contribution < 1.29 is 22.4 Å². The van der Waals surface area contributed by atoms with Gasteiger partial charge in [-0.3, -0.25) is 4.79 Å². The van der Waals surface area contributed by atoms with Crippen LogP contribution in [-0.4, -0.2) is 11.7 Å². The quantitative estimate of drug-likeness (QED) is 0.468. The Labute approximate surface area is 98.4 Å². The zero-order valence-electron chi connectivity index (χ0n) is 8.11. The van der Waals surface area contributed by atoms with Gasteiger partial charge in [0.25, 0.3) is 0 Å². The summed E-state index contributed by atoms with van der Waals surface area (Å²) in [7, 11) is 0. The third kappa shape index (κ3) is 2.74. The molecule has 0 spiro atoms. The first-order chi connectivity index (χ1) is 7.81. The van der Waals surface area contributed by atoms with E-state index in [9.17, 15) is 22.4 Å². The summed E-state index contributed by atoms with van der Waals surface area (Å²) in [6.07, 6.45) is -4.88. The van der Waals surface area contributed by atoms with E-state index in [0.717, 1.165) is 0 Å². The number of rotatable bonds is 2. The lowest BCUT2D eigenvalue weighted by atomic mass is 10.0. The molecular weight excluding hydrogens is 262 g/mol. The first-order valence-electron chi connectivity index (χ1n) is 4.21. The number of halogens is 5. The van der Waals surface area contributed by atoms with Gasteiger partial charge in [0, 0.05) is 5.56 Å². The molecule has 1 aromatic carbocycles. The van der Waals surface area contributed by atoms with E-state index in [1.807, 2.05) is 0 Å². The highest BCUT2D eigenvalue weighted by molar-refractivity contribution is 6.30. The van der Waals surface area contributed by atoms with Crippen LogP contribution in [0.5, 0.6) is 0 Å². The van der Waals surface area contributed by atoms with Gasteiger partial charge in [-0.05, 0) is 12.1 Å². The normalized spacial score (nSPS) is 11.1. The van der Waals surface area contributed by atoms with Gasteiger partial charge >= 0.3 is 6.18 Å². The zero-order valence-corrected chi connectivity index (χ0v) is 8.86. The van der Waals surface area contributed by atoms with Gasteiger partial charge in [0.15, 0.2) is 5.78 Å².